The highest BCUT2D eigenvalue weighted by atomic mass is 32.2. The van der Waals surface area contributed by atoms with Gasteiger partial charge in [0, 0.05) is 17.2 Å². The van der Waals surface area contributed by atoms with Crippen LogP contribution in [0.1, 0.15) is 57.4 Å². The molecule has 1 aromatic heterocycles. The minimum Gasteiger partial charge on any atom is -0.477 e. The van der Waals surface area contributed by atoms with Crippen molar-refractivity contribution in [3.8, 4) is 5.88 Å². The highest BCUT2D eigenvalue weighted by molar-refractivity contribution is 8.17. The molecular formula is C23H35NOS. The molecule has 2 aromatic rings. The van der Waals surface area contributed by atoms with Crippen molar-refractivity contribution in [3.05, 3.63) is 53.2 Å². The number of thiol groups is 1. The van der Waals surface area contributed by atoms with E-state index in [-0.39, 0.29) is 16.3 Å². The quantitative estimate of drug-likeness (QED) is 0.548. The molecule has 0 amide bonds. The van der Waals surface area contributed by atoms with E-state index in [0.717, 1.165) is 11.6 Å². The monoisotopic (exact) mass is 373 g/mol. The summed E-state index contributed by atoms with van der Waals surface area (Å²) in [6.07, 6.45) is 0. The lowest BCUT2D eigenvalue weighted by Crippen LogP contribution is -2.26. The van der Waals surface area contributed by atoms with Crippen LogP contribution in [-0.4, -0.2) is 23.1 Å². The third-order valence-corrected chi connectivity index (χ3v) is 7.83. The van der Waals surface area contributed by atoms with E-state index in [2.05, 4.69) is 77.7 Å². The molecule has 1 aromatic carbocycles. The van der Waals surface area contributed by atoms with Crippen molar-refractivity contribution in [1.29, 1.82) is 0 Å². The van der Waals surface area contributed by atoms with Gasteiger partial charge >= 0.3 is 0 Å². The molecule has 144 valence electrons. The maximum Gasteiger partial charge on any atom is 0.213 e. The molecule has 0 aliphatic heterocycles. The van der Waals surface area contributed by atoms with Crippen molar-refractivity contribution in [2.75, 3.05) is 18.1 Å². The van der Waals surface area contributed by atoms with E-state index in [1.165, 1.54) is 22.6 Å². The lowest BCUT2D eigenvalue weighted by molar-refractivity contribution is 0.194. The summed E-state index contributed by atoms with van der Waals surface area (Å²) in [5, 5.41) is 0. The van der Waals surface area contributed by atoms with Gasteiger partial charge in [-0.3, -0.25) is 0 Å². The van der Waals surface area contributed by atoms with Crippen LogP contribution in [0.3, 0.4) is 0 Å². The Morgan fingerprint density at radius 3 is 2.46 bits per heavy atom. The average molecular weight is 374 g/mol. The first kappa shape index (κ1) is 20.8. The number of nitrogens with zero attached hydrogens (tertiary/aromatic N) is 1. The molecule has 0 N–H and O–H groups in total. The molecule has 0 spiro atoms. The normalized spacial score (nSPS) is 13.8. The molecule has 0 aliphatic carbocycles. The predicted molar refractivity (Wildman–Crippen MR) is 116 cm³/mol. The maximum absolute atomic E-state index is 6.09. The van der Waals surface area contributed by atoms with Gasteiger partial charge in [-0.15, -0.1) is 0 Å². The Bertz CT molecular complexity index is 724. The van der Waals surface area contributed by atoms with Crippen molar-refractivity contribution < 1.29 is 4.74 Å². The first-order valence-electron chi connectivity index (χ1n) is 9.64. The second kappa shape index (κ2) is 8.94. The number of aromatic nitrogens is 1. The summed E-state index contributed by atoms with van der Waals surface area (Å²) in [4.78, 5) is 6.18. The van der Waals surface area contributed by atoms with Crippen LogP contribution in [-0.2, 0) is 0 Å². The molecule has 0 saturated carbocycles. The Labute approximate surface area is 162 Å². The van der Waals surface area contributed by atoms with Gasteiger partial charge in [-0.05, 0) is 53.9 Å². The van der Waals surface area contributed by atoms with E-state index in [1.807, 2.05) is 12.1 Å². The van der Waals surface area contributed by atoms with E-state index in [1.54, 1.807) is 4.90 Å². The van der Waals surface area contributed by atoms with Gasteiger partial charge in [0.05, 0.1) is 6.61 Å². The van der Waals surface area contributed by atoms with Gasteiger partial charge in [0.25, 0.3) is 0 Å². The molecule has 0 fully saturated rings. The zero-order valence-corrected chi connectivity index (χ0v) is 18.4. The minimum atomic E-state index is -0.172. The van der Waals surface area contributed by atoms with Crippen LogP contribution in [0.15, 0.2) is 41.3 Å². The Kier molecular flexibility index (Phi) is 7.16. The average Bonchev–Trinajstić information content (AvgIpc) is 2.59. The number of hydrogen-bond donors (Lipinski definition) is 1. The van der Waals surface area contributed by atoms with Gasteiger partial charge in [-0.25, -0.2) is 15.9 Å². The van der Waals surface area contributed by atoms with Crippen LogP contribution in [0.5, 0.6) is 5.88 Å². The minimum absolute atomic E-state index is 0.120. The van der Waals surface area contributed by atoms with Crippen molar-refractivity contribution in [3.63, 3.8) is 0 Å². The lowest BCUT2D eigenvalue weighted by Gasteiger charge is -2.32. The molecule has 1 heterocycles. The molecule has 2 nitrogen and oxygen atoms in total. The Morgan fingerprint density at radius 1 is 1.12 bits per heavy atom. The highest BCUT2D eigenvalue weighted by Crippen LogP contribution is 2.43. The fourth-order valence-corrected chi connectivity index (χ4v) is 5.90. The SMILES string of the molecule is CC[SH](CC(C)(C)COc1cccc(C(C)C)n1)c1ccc(C)cc1C. The smallest absolute Gasteiger partial charge is 0.213 e. The molecule has 0 saturated heterocycles. The van der Waals surface area contributed by atoms with Crippen molar-refractivity contribution in [2.24, 2.45) is 5.41 Å². The van der Waals surface area contributed by atoms with Crippen LogP contribution < -0.4 is 4.74 Å². The first-order valence-corrected chi connectivity index (χ1v) is 11.3. The Hall–Kier alpha value is -1.48. The van der Waals surface area contributed by atoms with Gasteiger partial charge in [0.2, 0.25) is 5.88 Å². The highest BCUT2D eigenvalue weighted by Gasteiger charge is 2.24. The molecule has 2 rings (SSSR count). The first-order chi connectivity index (χ1) is 12.2. The van der Waals surface area contributed by atoms with Crippen LogP contribution in [0.25, 0.3) is 0 Å². The number of aryl methyl sites for hydroxylation is 2. The molecule has 26 heavy (non-hydrogen) atoms. The summed E-state index contributed by atoms with van der Waals surface area (Å²) in [6.45, 7) is 16.4. The molecule has 1 unspecified atom stereocenters. The van der Waals surface area contributed by atoms with Gasteiger partial charge < -0.3 is 4.74 Å². The number of benzene rings is 1. The van der Waals surface area contributed by atoms with E-state index in [9.17, 15) is 0 Å². The standard InChI is InChI=1S/C23H35NOS/c1-8-26(21-13-12-18(4)14-19(21)5)16-23(6,7)15-25-22-11-9-10-20(24-22)17(2)3/h9-14,17,26H,8,15-16H2,1-7H3. The van der Waals surface area contributed by atoms with Crippen LogP contribution in [0, 0.1) is 19.3 Å². The molecular weight excluding hydrogens is 338 g/mol. The molecule has 1 atom stereocenters. The molecule has 0 aliphatic rings. The fraction of sp³-hybridized carbons (Fsp3) is 0.522. The molecule has 0 bridgehead atoms. The third kappa shape index (κ3) is 5.77. The Morgan fingerprint density at radius 2 is 1.85 bits per heavy atom. The predicted octanol–water partition coefficient (Wildman–Crippen LogP) is 6.31. The van der Waals surface area contributed by atoms with Crippen molar-refractivity contribution >= 4 is 10.9 Å². The summed E-state index contributed by atoms with van der Waals surface area (Å²) in [5.74, 6) is 3.55. The largest absolute Gasteiger partial charge is 0.477 e. The second-order valence-electron chi connectivity index (χ2n) is 8.31. The Balaban J connectivity index is 2.05. The fourth-order valence-electron chi connectivity index (χ4n) is 3.19. The number of pyridine rings is 1. The number of rotatable bonds is 8. The van der Waals surface area contributed by atoms with Gasteiger partial charge in [0.1, 0.15) is 0 Å². The van der Waals surface area contributed by atoms with Gasteiger partial charge in [-0.1, -0.05) is 58.4 Å². The van der Waals surface area contributed by atoms with Crippen molar-refractivity contribution in [1.82, 2.24) is 4.98 Å². The van der Waals surface area contributed by atoms with Gasteiger partial charge in [-0.2, -0.15) is 0 Å². The topological polar surface area (TPSA) is 22.1 Å². The summed E-state index contributed by atoms with van der Waals surface area (Å²) >= 11 is 0. The van der Waals surface area contributed by atoms with E-state index in [4.69, 9.17) is 4.74 Å². The number of hydrogen-bond acceptors (Lipinski definition) is 2. The third-order valence-electron chi connectivity index (χ3n) is 4.64. The summed E-state index contributed by atoms with van der Waals surface area (Å²) < 4.78 is 6.09. The van der Waals surface area contributed by atoms with Crippen molar-refractivity contribution in [2.45, 2.75) is 59.3 Å². The summed E-state index contributed by atoms with van der Waals surface area (Å²) in [6, 6.07) is 13.0. The van der Waals surface area contributed by atoms with Crippen LogP contribution >= 0.6 is 10.9 Å². The molecule has 3 heteroatoms. The zero-order valence-electron chi connectivity index (χ0n) is 17.5. The van der Waals surface area contributed by atoms with E-state index in [0.29, 0.717) is 12.5 Å². The maximum atomic E-state index is 6.09. The molecule has 0 radical (unpaired) electrons. The van der Waals surface area contributed by atoms with Crippen LogP contribution in [0.4, 0.5) is 0 Å². The summed E-state index contributed by atoms with van der Waals surface area (Å²) in [7, 11) is -0.172. The summed E-state index contributed by atoms with van der Waals surface area (Å²) in [5.41, 5.74) is 3.98. The number of ether oxygens (including phenoxy) is 1. The van der Waals surface area contributed by atoms with E-state index < -0.39 is 0 Å². The zero-order chi connectivity index (χ0) is 19.3. The second-order valence-corrected chi connectivity index (χ2v) is 10.8. The van der Waals surface area contributed by atoms with E-state index >= 15 is 0 Å². The van der Waals surface area contributed by atoms with Crippen LogP contribution in [0.2, 0.25) is 0 Å². The lowest BCUT2D eigenvalue weighted by atomic mass is 9.98. The van der Waals surface area contributed by atoms with Gasteiger partial charge in [0.15, 0.2) is 0 Å².